The number of fused-ring (bicyclic) bond motifs is 3. The van der Waals surface area contributed by atoms with Crippen LogP contribution in [0.15, 0.2) is 144 Å². The molecule has 0 unspecified atom stereocenters. The van der Waals surface area contributed by atoms with Crippen molar-refractivity contribution in [1.82, 2.24) is 0 Å². The van der Waals surface area contributed by atoms with E-state index in [0.717, 1.165) is 4.47 Å². The lowest BCUT2D eigenvalue weighted by atomic mass is 9.81. The van der Waals surface area contributed by atoms with E-state index in [1.165, 1.54) is 66.8 Å². The van der Waals surface area contributed by atoms with Gasteiger partial charge in [-0.3, -0.25) is 0 Å². The molecule has 0 aliphatic heterocycles. The summed E-state index contributed by atoms with van der Waals surface area (Å²) in [5.41, 5.74) is 15.3. The number of halogens is 1. The third-order valence-corrected chi connectivity index (χ3v) is 8.88. The standard InChI is InChI=1S/C39H29Br/c1-39(2)37-11-7-6-10-35(37)36-21-18-30(25-38(36)39)33-23-31(22-32(24-33)29-16-19-34(40)20-17-29)28-14-12-27(13-15-28)26-8-4-3-5-9-26/h3-25H,1-2H3. The third-order valence-electron chi connectivity index (χ3n) is 8.35. The second-order valence-electron chi connectivity index (χ2n) is 11.2. The summed E-state index contributed by atoms with van der Waals surface area (Å²) in [4.78, 5) is 0. The molecule has 7 rings (SSSR count). The van der Waals surface area contributed by atoms with Crippen LogP contribution in [0.2, 0.25) is 0 Å². The van der Waals surface area contributed by atoms with Gasteiger partial charge in [-0.2, -0.15) is 0 Å². The first-order valence-electron chi connectivity index (χ1n) is 13.8. The highest BCUT2D eigenvalue weighted by molar-refractivity contribution is 9.10. The molecule has 40 heavy (non-hydrogen) atoms. The SMILES string of the molecule is CC1(C)c2ccccc2-c2ccc(-c3cc(-c4ccc(Br)cc4)cc(-c4ccc(-c5ccccc5)cc4)c3)cc21. The van der Waals surface area contributed by atoms with Gasteiger partial charge in [0.05, 0.1) is 0 Å². The van der Waals surface area contributed by atoms with Crippen molar-refractivity contribution in [3.05, 3.63) is 155 Å². The average molecular weight is 578 g/mol. The summed E-state index contributed by atoms with van der Waals surface area (Å²) in [6.45, 7) is 4.69. The van der Waals surface area contributed by atoms with Crippen LogP contribution < -0.4 is 0 Å². The molecule has 1 aliphatic rings. The van der Waals surface area contributed by atoms with Crippen LogP contribution in [0.5, 0.6) is 0 Å². The summed E-state index contributed by atoms with van der Waals surface area (Å²) >= 11 is 3.60. The van der Waals surface area contributed by atoms with Crippen molar-refractivity contribution in [2.24, 2.45) is 0 Å². The van der Waals surface area contributed by atoms with Gasteiger partial charge in [-0.25, -0.2) is 0 Å². The van der Waals surface area contributed by atoms with Gasteiger partial charge in [0.25, 0.3) is 0 Å². The molecule has 0 spiro atoms. The minimum Gasteiger partial charge on any atom is -0.0622 e. The summed E-state index contributed by atoms with van der Waals surface area (Å²) in [5.74, 6) is 0. The molecular weight excluding hydrogens is 548 g/mol. The van der Waals surface area contributed by atoms with Gasteiger partial charge >= 0.3 is 0 Å². The van der Waals surface area contributed by atoms with Crippen molar-refractivity contribution in [3.8, 4) is 55.6 Å². The predicted octanol–water partition coefficient (Wildman–Crippen LogP) is 11.4. The minimum absolute atomic E-state index is 0.0264. The third kappa shape index (κ3) is 4.31. The van der Waals surface area contributed by atoms with Crippen molar-refractivity contribution in [3.63, 3.8) is 0 Å². The smallest absolute Gasteiger partial charge is 0.0175 e. The van der Waals surface area contributed by atoms with Crippen LogP contribution in [0, 0.1) is 0 Å². The van der Waals surface area contributed by atoms with E-state index >= 15 is 0 Å². The normalized spacial score (nSPS) is 13.1. The Labute approximate surface area is 245 Å². The van der Waals surface area contributed by atoms with Crippen LogP contribution in [0.25, 0.3) is 55.6 Å². The highest BCUT2D eigenvalue weighted by Crippen LogP contribution is 2.49. The Hall–Kier alpha value is -4.20. The van der Waals surface area contributed by atoms with E-state index in [2.05, 4.69) is 169 Å². The van der Waals surface area contributed by atoms with Gasteiger partial charge in [0.15, 0.2) is 0 Å². The predicted molar refractivity (Wildman–Crippen MR) is 173 cm³/mol. The molecule has 0 fully saturated rings. The Kier molecular flexibility index (Phi) is 6.06. The fraction of sp³-hybridized carbons (Fsp3) is 0.0769. The van der Waals surface area contributed by atoms with Crippen molar-refractivity contribution in [2.75, 3.05) is 0 Å². The Morgan fingerprint density at radius 1 is 0.375 bits per heavy atom. The van der Waals surface area contributed by atoms with Crippen molar-refractivity contribution in [1.29, 1.82) is 0 Å². The number of hydrogen-bond donors (Lipinski definition) is 0. The first-order chi connectivity index (χ1) is 19.5. The van der Waals surface area contributed by atoms with Gasteiger partial charge < -0.3 is 0 Å². The maximum atomic E-state index is 3.60. The van der Waals surface area contributed by atoms with E-state index in [-0.39, 0.29) is 5.41 Å². The van der Waals surface area contributed by atoms with Crippen molar-refractivity contribution < 1.29 is 0 Å². The second kappa shape index (κ2) is 9.77. The fourth-order valence-corrected chi connectivity index (χ4v) is 6.40. The summed E-state index contributed by atoms with van der Waals surface area (Å²) < 4.78 is 1.09. The summed E-state index contributed by atoms with van der Waals surface area (Å²) in [7, 11) is 0. The van der Waals surface area contributed by atoms with Gasteiger partial charge in [0, 0.05) is 9.89 Å². The lowest BCUT2D eigenvalue weighted by Gasteiger charge is -2.22. The van der Waals surface area contributed by atoms with E-state index in [4.69, 9.17) is 0 Å². The zero-order valence-electron chi connectivity index (χ0n) is 22.7. The summed E-state index contributed by atoms with van der Waals surface area (Å²) in [5, 5.41) is 0. The van der Waals surface area contributed by atoms with Crippen LogP contribution in [0.4, 0.5) is 0 Å². The molecule has 0 saturated carbocycles. The van der Waals surface area contributed by atoms with Gasteiger partial charge in [-0.1, -0.05) is 133 Å². The zero-order valence-corrected chi connectivity index (χ0v) is 24.2. The molecule has 6 aromatic carbocycles. The van der Waals surface area contributed by atoms with E-state index in [0.29, 0.717) is 0 Å². The first kappa shape index (κ1) is 24.8. The molecule has 0 radical (unpaired) electrons. The highest BCUT2D eigenvalue weighted by atomic mass is 79.9. The molecule has 1 aliphatic carbocycles. The van der Waals surface area contributed by atoms with Crippen LogP contribution in [-0.4, -0.2) is 0 Å². The number of rotatable bonds is 4. The monoisotopic (exact) mass is 576 g/mol. The van der Waals surface area contributed by atoms with E-state index in [1.54, 1.807) is 0 Å². The molecule has 6 aromatic rings. The molecule has 192 valence electrons. The van der Waals surface area contributed by atoms with Crippen molar-refractivity contribution in [2.45, 2.75) is 19.3 Å². The summed E-state index contributed by atoms with van der Waals surface area (Å²) in [6.07, 6.45) is 0. The van der Waals surface area contributed by atoms with Crippen LogP contribution in [0.3, 0.4) is 0 Å². The summed E-state index contributed by atoms with van der Waals surface area (Å²) in [6, 6.07) is 51.0. The topological polar surface area (TPSA) is 0 Å². The van der Waals surface area contributed by atoms with Crippen LogP contribution in [0.1, 0.15) is 25.0 Å². The lowest BCUT2D eigenvalue weighted by Crippen LogP contribution is -2.14. The van der Waals surface area contributed by atoms with E-state index < -0.39 is 0 Å². The molecule has 0 atom stereocenters. The fourth-order valence-electron chi connectivity index (χ4n) is 6.14. The molecule has 0 heterocycles. The van der Waals surface area contributed by atoms with Crippen LogP contribution >= 0.6 is 15.9 Å². The Morgan fingerprint density at radius 3 is 1.48 bits per heavy atom. The van der Waals surface area contributed by atoms with Gasteiger partial charge in [0.1, 0.15) is 0 Å². The Balaban J connectivity index is 1.36. The second-order valence-corrected chi connectivity index (χ2v) is 12.1. The highest BCUT2D eigenvalue weighted by Gasteiger charge is 2.35. The van der Waals surface area contributed by atoms with Crippen molar-refractivity contribution >= 4 is 15.9 Å². The molecule has 0 aromatic heterocycles. The molecule has 1 heteroatoms. The van der Waals surface area contributed by atoms with Crippen LogP contribution in [-0.2, 0) is 5.41 Å². The molecule has 0 amide bonds. The molecule has 0 nitrogen and oxygen atoms in total. The largest absolute Gasteiger partial charge is 0.0622 e. The van der Waals surface area contributed by atoms with E-state index in [1.807, 2.05) is 0 Å². The zero-order chi connectivity index (χ0) is 27.3. The number of benzene rings is 6. The number of hydrogen-bond acceptors (Lipinski definition) is 0. The maximum Gasteiger partial charge on any atom is 0.0175 e. The maximum absolute atomic E-state index is 3.60. The van der Waals surface area contributed by atoms with E-state index in [9.17, 15) is 0 Å². The average Bonchev–Trinajstić information content (AvgIpc) is 3.24. The van der Waals surface area contributed by atoms with Gasteiger partial charge in [0.2, 0.25) is 0 Å². The van der Waals surface area contributed by atoms with Gasteiger partial charge in [-0.15, -0.1) is 0 Å². The molecule has 0 N–H and O–H groups in total. The molecular formula is C39H29Br. The Morgan fingerprint density at radius 2 is 0.825 bits per heavy atom. The first-order valence-corrected chi connectivity index (χ1v) is 14.6. The quantitative estimate of drug-likeness (QED) is 0.196. The Bertz CT molecular complexity index is 1840. The minimum atomic E-state index is -0.0264. The molecule has 0 saturated heterocycles. The molecule has 0 bridgehead atoms. The van der Waals surface area contributed by atoms with Gasteiger partial charge in [-0.05, 0) is 103 Å². The lowest BCUT2D eigenvalue weighted by molar-refractivity contribution is 0.660.